The molecule has 0 saturated heterocycles. The van der Waals surface area contributed by atoms with Gasteiger partial charge in [0.1, 0.15) is 5.75 Å². The van der Waals surface area contributed by atoms with E-state index in [-0.39, 0.29) is 17.7 Å². The number of hydrogen-bond acceptors (Lipinski definition) is 3. The summed E-state index contributed by atoms with van der Waals surface area (Å²) in [4.78, 5) is 25.2. The number of carbonyl (C=O) groups is 2. The zero-order chi connectivity index (χ0) is 18.1. The Balaban J connectivity index is 1.72. The molecule has 0 fully saturated rings. The number of nitrogens with one attached hydrogen (secondary N) is 2. The fourth-order valence-corrected chi connectivity index (χ4v) is 3.79. The number of amides is 2. The Hall–Kier alpha value is -3.08. The molecule has 5 nitrogen and oxygen atoms in total. The van der Waals surface area contributed by atoms with Gasteiger partial charge >= 0.3 is 6.03 Å². The minimum atomic E-state index is -0.446. The van der Waals surface area contributed by atoms with Crippen molar-refractivity contribution in [2.24, 2.45) is 0 Å². The molecule has 0 aromatic heterocycles. The van der Waals surface area contributed by atoms with E-state index < -0.39 is 6.04 Å². The molecule has 1 aliphatic heterocycles. The minimum absolute atomic E-state index is 0.0698. The predicted octanol–water partition coefficient (Wildman–Crippen LogP) is 3.45. The van der Waals surface area contributed by atoms with Crippen molar-refractivity contribution in [2.75, 3.05) is 7.11 Å². The average molecular weight is 348 g/mol. The number of ketones is 1. The first kappa shape index (κ1) is 16.4. The van der Waals surface area contributed by atoms with E-state index in [0.29, 0.717) is 24.2 Å². The number of benzene rings is 2. The van der Waals surface area contributed by atoms with Crippen LogP contribution in [0.15, 0.2) is 65.9 Å². The summed E-state index contributed by atoms with van der Waals surface area (Å²) in [6.07, 6.45) is 1.10. The van der Waals surface area contributed by atoms with Crippen molar-refractivity contribution in [1.29, 1.82) is 0 Å². The van der Waals surface area contributed by atoms with E-state index in [1.165, 1.54) is 0 Å². The van der Waals surface area contributed by atoms with Crippen LogP contribution >= 0.6 is 0 Å². The topological polar surface area (TPSA) is 67.4 Å². The van der Waals surface area contributed by atoms with Crippen LogP contribution in [0.3, 0.4) is 0 Å². The highest BCUT2D eigenvalue weighted by Crippen LogP contribution is 2.40. The largest absolute Gasteiger partial charge is 0.497 e. The third-order valence-corrected chi connectivity index (χ3v) is 5.03. The quantitative estimate of drug-likeness (QED) is 0.893. The van der Waals surface area contributed by atoms with E-state index in [4.69, 9.17) is 4.74 Å². The normalized spacial score (nSPS) is 22.3. The summed E-state index contributed by atoms with van der Waals surface area (Å²) in [6.45, 7) is 0. The number of ether oxygens (including phenoxy) is 1. The number of urea groups is 1. The molecule has 4 rings (SSSR count). The summed E-state index contributed by atoms with van der Waals surface area (Å²) >= 11 is 0. The first-order valence-electron chi connectivity index (χ1n) is 8.68. The van der Waals surface area contributed by atoms with Gasteiger partial charge < -0.3 is 15.4 Å². The minimum Gasteiger partial charge on any atom is -0.497 e. The molecule has 2 aromatic rings. The van der Waals surface area contributed by atoms with Crippen LogP contribution in [0.5, 0.6) is 5.75 Å². The molecular formula is C21H20N2O3. The lowest BCUT2D eigenvalue weighted by Gasteiger charge is -2.35. The summed E-state index contributed by atoms with van der Waals surface area (Å²) in [5.74, 6) is 0.857. The Labute approximate surface area is 152 Å². The van der Waals surface area contributed by atoms with E-state index in [1.54, 1.807) is 7.11 Å². The standard InChI is InChI=1S/C21H20N2O3/c1-26-16-9-5-8-14(10-16)20-19-17(22-21(25)23-20)11-15(12-18(19)24)13-6-3-2-4-7-13/h2-10,15,20H,11-12H2,1H3,(H2,22,23,25)/t15-,20+/m0/s1. The Bertz CT molecular complexity index is 889. The second-order valence-electron chi connectivity index (χ2n) is 6.64. The molecule has 1 heterocycles. The van der Waals surface area contributed by atoms with Gasteiger partial charge in [-0.25, -0.2) is 4.79 Å². The van der Waals surface area contributed by atoms with Gasteiger partial charge in [0, 0.05) is 17.7 Å². The van der Waals surface area contributed by atoms with Crippen LogP contribution in [0.4, 0.5) is 4.79 Å². The molecule has 132 valence electrons. The van der Waals surface area contributed by atoms with E-state index in [2.05, 4.69) is 10.6 Å². The summed E-state index contributed by atoms with van der Waals surface area (Å²) in [7, 11) is 1.60. The molecule has 2 aromatic carbocycles. The third-order valence-electron chi connectivity index (χ3n) is 5.03. The Morgan fingerprint density at radius 1 is 0.962 bits per heavy atom. The molecule has 0 unspecified atom stereocenters. The highest BCUT2D eigenvalue weighted by atomic mass is 16.5. The summed E-state index contributed by atoms with van der Waals surface area (Å²) in [6, 6.07) is 16.7. The van der Waals surface area contributed by atoms with Crippen LogP contribution in [0.1, 0.15) is 35.9 Å². The predicted molar refractivity (Wildman–Crippen MR) is 97.9 cm³/mol. The fraction of sp³-hybridized carbons (Fsp3) is 0.238. The van der Waals surface area contributed by atoms with Crippen molar-refractivity contribution < 1.29 is 14.3 Å². The second kappa shape index (κ2) is 6.67. The zero-order valence-electron chi connectivity index (χ0n) is 14.5. The zero-order valence-corrected chi connectivity index (χ0v) is 14.5. The number of carbonyl (C=O) groups excluding carboxylic acids is 2. The smallest absolute Gasteiger partial charge is 0.319 e. The molecule has 26 heavy (non-hydrogen) atoms. The molecule has 0 radical (unpaired) electrons. The monoisotopic (exact) mass is 348 g/mol. The SMILES string of the molecule is COc1cccc([C@H]2NC(=O)NC3=C2C(=O)C[C@@H](c2ccccc2)C3)c1. The number of rotatable bonds is 3. The van der Waals surface area contributed by atoms with Crippen LogP contribution in [0.25, 0.3) is 0 Å². The molecule has 5 heteroatoms. The number of methoxy groups -OCH3 is 1. The van der Waals surface area contributed by atoms with Crippen LogP contribution < -0.4 is 15.4 Å². The van der Waals surface area contributed by atoms with Crippen LogP contribution in [-0.2, 0) is 4.79 Å². The molecule has 0 spiro atoms. The highest BCUT2D eigenvalue weighted by Gasteiger charge is 2.37. The molecule has 0 bridgehead atoms. The van der Waals surface area contributed by atoms with E-state index in [0.717, 1.165) is 16.8 Å². The summed E-state index contributed by atoms with van der Waals surface area (Å²) in [5.41, 5.74) is 3.35. The second-order valence-corrected chi connectivity index (χ2v) is 6.64. The van der Waals surface area contributed by atoms with Gasteiger partial charge in [-0.1, -0.05) is 42.5 Å². The number of hydrogen-bond donors (Lipinski definition) is 2. The lowest BCUT2D eigenvalue weighted by molar-refractivity contribution is -0.116. The van der Waals surface area contributed by atoms with Gasteiger partial charge in [-0.15, -0.1) is 0 Å². The van der Waals surface area contributed by atoms with Crippen molar-refractivity contribution in [3.8, 4) is 5.75 Å². The lowest BCUT2D eigenvalue weighted by Crippen LogP contribution is -2.47. The van der Waals surface area contributed by atoms with Crippen LogP contribution in [0.2, 0.25) is 0 Å². The van der Waals surface area contributed by atoms with Crippen molar-refractivity contribution in [3.63, 3.8) is 0 Å². The number of Topliss-reactive ketones (excluding diaryl/α,β-unsaturated/α-hetero) is 1. The maximum Gasteiger partial charge on any atom is 0.319 e. The first-order valence-corrected chi connectivity index (χ1v) is 8.68. The van der Waals surface area contributed by atoms with Crippen molar-refractivity contribution in [1.82, 2.24) is 10.6 Å². The first-order chi connectivity index (χ1) is 12.7. The van der Waals surface area contributed by atoms with Gasteiger partial charge in [-0.05, 0) is 35.6 Å². The molecular weight excluding hydrogens is 328 g/mol. The molecule has 1 aliphatic carbocycles. The molecule has 2 N–H and O–H groups in total. The van der Waals surface area contributed by atoms with Gasteiger partial charge in [0.15, 0.2) is 5.78 Å². The average Bonchev–Trinajstić information content (AvgIpc) is 2.67. The van der Waals surface area contributed by atoms with Gasteiger partial charge in [-0.3, -0.25) is 4.79 Å². The lowest BCUT2D eigenvalue weighted by atomic mass is 9.78. The van der Waals surface area contributed by atoms with E-state index in [1.807, 2.05) is 54.6 Å². The van der Waals surface area contributed by atoms with E-state index >= 15 is 0 Å². The van der Waals surface area contributed by atoms with Gasteiger partial charge in [-0.2, -0.15) is 0 Å². The van der Waals surface area contributed by atoms with E-state index in [9.17, 15) is 9.59 Å². The highest BCUT2D eigenvalue weighted by molar-refractivity contribution is 6.01. The van der Waals surface area contributed by atoms with Crippen molar-refractivity contribution in [2.45, 2.75) is 24.8 Å². The van der Waals surface area contributed by atoms with Gasteiger partial charge in [0.05, 0.1) is 13.2 Å². The molecule has 2 amide bonds. The summed E-state index contributed by atoms with van der Waals surface area (Å²) in [5, 5.41) is 5.74. The van der Waals surface area contributed by atoms with Crippen LogP contribution in [-0.4, -0.2) is 18.9 Å². The van der Waals surface area contributed by atoms with Gasteiger partial charge in [0.25, 0.3) is 0 Å². The van der Waals surface area contributed by atoms with Crippen molar-refractivity contribution in [3.05, 3.63) is 77.0 Å². The molecule has 2 aliphatic rings. The molecule has 2 atom stereocenters. The summed E-state index contributed by atoms with van der Waals surface area (Å²) < 4.78 is 5.28. The van der Waals surface area contributed by atoms with Gasteiger partial charge in [0.2, 0.25) is 0 Å². The maximum atomic E-state index is 13.0. The fourth-order valence-electron chi connectivity index (χ4n) is 3.79. The molecule has 0 saturated carbocycles. The van der Waals surface area contributed by atoms with Crippen molar-refractivity contribution >= 4 is 11.8 Å². The van der Waals surface area contributed by atoms with Crippen LogP contribution in [0, 0.1) is 0 Å². The Kier molecular flexibility index (Phi) is 4.21. The third kappa shape index (κ3) is 2.96. The maximum absolute atomic E-state index is 13.0. The Morgan fingerprint density at radius 2 is 1.73 bits per heavy atom. The Morgan fingerprint density at radius 3 is 2.50 bits per heavy atom. The number of allylic oxidation sites excluding steroid dienone is 1.